The molecule has 3 nitrogen and oxygen atoms in total. The highest BCUT2D eigenvalue weighted by Crippen LogP contribution is 2.25. The molecule has 0 bridgehead atoms. The minimum absolute atomic E-state index is 0.0229. The molecule has 7 heteroatoms. The van der Waals surface area contributed by atoms with Crippen molar-refractivity contribution in [3.8, 4) is 0 Å². The van der Waals surface area contributed by atoms with Gasteiger partial charge in [0.25, 0.3) is 11.7 Å². The summed E-state index contributed by atoms with van der Waals surface area (Å²) in [6.45, 7) is 3.66. The quantitative estimate of drug-likeness (QED) is 0.689. The fourth-order valence-corrected chi connectivity index (χ4v) is 3.54. The number of halogens is 3. The van der Waals surface area contributed by atoms with Crippen LogP contribution < -0.4 is 0 Å². The third-order valence-corrected chi connectivity index (χ3v) is 5.28. The lowest BCUT2D eigenvalue weighted by atomic mass is 10.1. The lowest BCUT2D eigenvalue weighted by molar-refractivity contribution is 0.0628. The van der Waals surface area contributed by atoms with Gasteiger partial charge in [-0.05, 0) is 42.0 Å². The molecule has 2 aromatic rings. The van der Waals surface area contributed by atoms with E-state index in [1.54, 1.807) is 36.4 Å². The number of carbonyl (C=O) groups is 1. The maximum atomic E-state index is 12.5. The molecule has 138 valence electrons. The molecule has 0 radical (unpaired) electrons. The molecule has 1 fully saturated rings. The highest BCUT2D eigenvalue weighted by atomic mass is 35.5. The highest BCUT2D eigenvalue weighted by Gasteiger charge is 2.22. The molecule has 3 rings (SSSR count). The fourth-order valence-electron chi connectivity index (χ4n) is 2.92. The van der Waals surface area contributed by atoms with E-state index in [1.165, 1.54) is 0 Å². The molecule has 0 atom stereocenters. The summed E-state index contributed by atoms with van der Waals surface area (Å²) in [4.78, 5) is 17.2. The number of hydrogen-bond donors (Lipinski definition) is 0. The Labute approximate surface area is 160 Å². The molecule has 0 aromatic heterocycles. The summed E-state index contributed by atoms with van der Waals surface area (Å²) in [6.07, 6.45) is 0. The number of carbonyl (C=O) groups excluding carboxylic acids is 1. The van der Waals surface area contributed by atoms with Crippen LogP contribution >= 0.6 is 23.4 Å². The molecule has 2 aromatic carbocycles. The molecule has 1 amide bonds. The molecule has 1 heterocycles. The van der Waals surface area contributed by atoms with Crippen LogP contribution in [-0.2, 0) is 6.54 Å². The number of piperazine rings is 1. The standard InChI is InChI=1S/C19H19ClF2N2OS/c20-16-5-3-15(4-6-16)18(25)24-11-9-23(10-12-24)13-14-1-7-17(8-2-14)26-19(21)22/h1-8,19H,9-13H2. The minimum Gasteiger partial charge on any atom is -0.336 e. The number of rotatable bonds is 5. The zero-order valence-electron chi connectivity index (χ0n) is 14.1. The van der Waals surface area contributed by atoms with Gasteiger partial charge in [0.05, 0.1) is 0 Å². The molecule has 0 saturated carbocycles. The molecule has 1 aliphatic rings. The predicted molar refractivity (Wildman–Crippen MR) is 101 cm³/mol. The van der Waals surface area contributed by atoms with Crippen molar-refractivity contribution in [2.24, 2.45) is 0 Å². The first-order valence-corrected chi connectivity index (χ1v) is 9.58. The lowest BCUT2D eigenvalue weighted by Crippen LogP contribution is -2.48. The summed E-state index contributed by atoms with van der Waals surface area (Å²) in [5.74, 6) is -2.37. The predicted octanol–water partition coefficient (Wildman–Crippen LogP) is 4.61. The number of hydrogen-bond acceptors (Lipinski definition) is 3. The van der Waals surface area contributed by atoms with Crippen molar-refractivity contribution in [3.63, 3.8) is 0 Å². The minimum atomic E-state index is -2.40. The van der Waals surface area contributed by atoms with Gasteiger partial charge < -0.3 is 4.90 Å². The van der Waals surface area contributed by atoms with Crippen molar-refractivity contribution in [3.05, 3.63) is 64.7 Å². The van der Waals surface area contributed by atoms with Gasteiger partial charge in [-0.15, -0.1) is 0 Å². The first-order valence-electron chi connectivity index (χ1n) is 8.32. The molecule has 1 saturated heterocycles. The van der Waals surface area contributed by atoms with Gasteiger partial charge in [0, 0.05) is 48.2 Å². The van der Waals surface area contributed by atoms with Gasteiger partial charge >= 0.3 is 0 Å². The summed E-state index contributed by atoms with van der Waals surface area (Å²) in [6, 6.07) is 14.2. The number of thioether (sulfide) groups is 1. The van der Waals surface area contributed by atoms with Gasteiger partial charge in [-0.3, -0.25) is 9.69 Å². The van der Waals surface area contributed by atoms with Crippen molar-refractivity contribution >= 4 is 29.3 Å². The molecule has 0 aliphatic carbocycles. The van der Waals surface area contributed by atoms with E-state index in [1.807, 2.05) is 17.0 Å². The van der Waals surface area contributed by atoms with Crippen LogP contribution in [0.15, 0.2) is 53.4 Å². The van der Waals surface area contributed by atoms with E-state index in [4.69, 9.17) is 11.6 Å². The van der Waals surface area contributed by atoms with E-state index in [0.717, 1.165) is 25.2 Å². The third-order valence-electron chi connectivity index (χ3n) is 4.31. The van der Waals surface area contributed by atoms with Crippen LogP contribution in [0, 0.1) is 0 Å². The van der Waals surface area contributed by atoms with Crippen LogP contribution in [0.1, 0.15) is 15.9 Å². The normalized spacial score (nSPS) is 15.5. The molecule has 0 spiro atoms. The van der Waals surface area contributed by atoms with Gasteiger partial charge in [0.15, 0.2) is 0 Å². The Balaban J connectivity index is 1.50. The number of nitrogens with zero attached hydrogens (tertiary/aromatic N) is 2. The van der Waals surface area contributed by atoms with Crippen molar-refractivity contribution in [1.29, 1.82) is 0 Å². The van der Waals surface area contributed by atoms with E-state index in [9.17, 15) is 13.6 Å². The summed E-state index contributed by atoms with van der Waals surface area (Å²) >= 11 is 6.42. The van der Waals surface area contributed by atoms with Gasteiger partial charge in [-0.2, -0.15) is 8.78 Å². The molecule has 0 unspecified atom stereocenters. The molecular formula is C19H19ClF2N2OS. The summed E-state index contributed by atoms with van der Waals surface area (Å²) < 4.78 is 24.7. The third kappa shape index (κ3) is 5.19. The van der Waals surface area contributed by atoms with E-state index in [-0.39, 0.29) is 5.91 Å². The Morgan fingerprint density at radius 2 is 1.62 bits per heavy atom. The van der Waals surface area contributed by atoms with Crippen LogP contribution in [0.25, 0.3) is 0 Å². The zero-order valence-corrected chi connectivity index (χ0v) is 15.6. The Hall–Kier alpha value is -1.63. The molecule has 0 N–H and O–H groups in total. The summed E-state index contributed by atoms with van der Waals surface area (Å²) in [5, 5.41) is 0.615. The zero-order chi connectivity index (χ0) is 18.5. The van der Waals surface area contributed by atoms with Gasteiger partial charge in [0.1, 0.15) is 0 Å². The van der Waals surface area contributed by atoms with E-state index in [2.05, 4.69) is 4.90 Å². The Kier molecular flexibility index (Phi) is 6.51. The molecule has 1 aliphatic heterocycles. The van der Waals surface area contributed by atoms with Crippen molar-refractivity contribution < 1.29 is 13.6 Å². The first-order chi connectivity index (χ1) is 12.5. The summed E-state index contributed by atoms with van der Waals surface area (Å²) in [5.41, 5.74) is 1.73. The van der Waals surface area contributed by atoms with Crippen LogP contribution in [0.4, 0.5) is 8.78 Å². The van der Waals surface area contributed by atoms with Gasteiger partial charge in [-0.1, -0.05) is 35.5 Å². The smallest absolute Gasteiger partial charge is 0.288 e. The van der Waals surface area contributed by atoms with E-state index >= 15 is 0 Å². The SMILES string of the molecule is O=C(c1ccc(Cl)cc1)N1CCN(Cc2ccc(SC(F)F)cc2)CC1. The number of alkyl halides is 2. The monoisotopic (exact) mass is 396 g/mol. The largest absolute Gasteiger partial charge is 0.336 e. The molecular weight excluding hydrogens is 378 g/mol. The van der Waals surface area contributed by atoms with E-state index in [0.29, 0.717) is 40.3 Å². The Morgan fingerprint density at radius 1 is 1.00 bits per heavy atom. The summed E-state index contributed by atoms with van der Waals surface area (Å²) in [7, 11) is 0. The van der Waals surface area contributed by atoms with Crippen molar-refractivity contribution in [2.45, 2.75) is 17.2 Å². The average molecular weight is 397 g/mol. The van der Waals surface area contributed by atoms with Crippen molar-refractivity contribution in [1.82, 2.24) is 9.80 Å². The highest BCUT2D eigenvalue weighted by molar-refractivity contribution is 7.99. The maximum Gasteiger partial charge on any atom is 0.288 e. The van der Waals surface area contributed by atoms with Crippen LogP contribution in [0.3, 0.4) is 0 Å². The van der Waals surface area contributed by atoms with Crippen LogP contribution in [0.2, 0.25) is 5.02 Å². The maximum absolute atomic E-state index is 12.5. The van der Waals surface area contributed by atoms with Crippen LogP contribution in [0.5, 0.6) is 0 Å². The van der Waals surface area contributed by atoms with Crippen molar-refractivity contribution in [2.75, 3.05) is 26.2 Å². The van der Waals surface area contributed by atoms with Gasteiger partial charge in [-0.25, -0.2) is 0 Å². The van der Waals surface area contributed by atoms with Gasteiger partial charge in [0.2, 0.25) is 0 Å². The average Bonchev–Trinajstić information content (AvgIpc) is 2.64. The molecule has 26 heavy (non-hydrogen) atoms. The second-order valence-corrected chi connectivity index (χ2v) is 7.60. The van der Waals surface area contributed by atoms with Crippen LogP contribution in [-0.4, -0.2) is 47.6 Å². The fraction of sp³-hybridized carbons (Fsp3) is 0.316. The number of amides is 1. The lowest BCUT2D eigenvalue weighted by Gasteiger charge is -2.34. The Bertz CT molecular complexity index is 732. The topological polar surface area (TPSA) is 23.6 Å². The number of benzene rings is 2. The Morgan fingerprint density at radius 3 is 2.19 bits per heavy atom. The second kappa shape index (κ2) is 8.84. The first kappa shape index (κ1) is 19.1. The second-order valence-electron chi connectivity index (χ2n) is 6.10. The van der Waals surface area contributed by atoms with E-state index < -0.39 is 5.76 Å².